The topological polar surface area (TPSA) is 104 Å². The van der Waals surface area contributed by atoms with Gasteiger partial charge in [-0.2, -0.15) is 0 Å². The molecule has 35 heavy (non-hydrogen) atoms. The zero-order valence-corrected chi connectivity index (χ0v) is 20.1. The van der Waals surface area contributed by atoms with Crippen molar-refractivity contribution in [3.8, 4) is 0 Å². The summed E-state index contributed by atoms with van der Waals surface area (Å²) in [6.45, 7) is 1.60. The van der Waals surface area contributed by atoms with Crippen LogP contribution >= 0.6 is 0 Å². The van der Waals surface area contributed by atoms with Crippen molar-refractivity contribution in [2.45, 2.75) is 76.7 Å². The van der Waals surface area contributed by atoms with Crippen LogP contribution in [0.4, 0.5) is 0 Å². The highest BCUT2D eigenvalue weighted by Crippen LogP contribution is 2.32. The highest BCUT2D eigenvalue weighted by Gasteiger charge is 2.45. The first-order valence-electron chi connectivity index (χ1n) is 13.1. The molecule has 1 aromatic rings. The lowest BCUT2D eigenvalue weighted by atomic mass is 9.86. The first kappa shape index (κ1) is 23.7. The molecule has 186 valence electrons. The van der Waals surface area contributed by atoms with Crippen molar-refractivity contribution in [2.24, 2.45) is 11.8 Å². The summed E-state index contributed by atoms with van der Waals surface area (Å²) in [4.78, 5) is 66.0. The number of nitrogens with zero attached hydrogens (tertiary/aromatic N) is 2. The van der Waals surface area contributed by atoms with E-state index in [2.05, 4.69) is 5.32 Å². The smallest absolute Gasteiger partial charge is 0.262 e. The fourth-order valence-electron chi connectivity index (χ4n) is 6.20. The number of carbonyl (C=O) groups excluding carboxylic acids is 5. The summed E-state index contributed by atoms with van der Waals surface area (Å²) in [5, 5.41) is 2.24. The van der Waals surface area contributed by atoms with Gasteiger partial charge < -0.3 is 4.90 Å². The van der Waals surface area contributed by atoms with Crippen molar-refractivity contribution < 1.29 is 24.0 Å². The van der Waals surface area contributed by atoms with Crippen molar-refractivity contribution >= 4 is 29.5 Å². The van der Waals surface area contributed by atoms with E-state index in [4.69, 9.17) is 0 Å². The third kappa shape index (κ3) is 4.62. The first-order chi connectivity index (χ1) is 16.9. The predicted molar refractivity (Wildman–Crippen MR) is 127 cm³/mol. The van der Waals surface area contributed by atoms with Gasteiger partial charge in [0.15, 0.2) is 0 Å². The van der Waals surface area contributed by atoms with Gasteiger partial charge in [-0.25, -0.2) is 0 Å². The molecule has 0 spiro atoms. The van der Waals surface area contributed by atoms with E-state index in [-0.39, 0.29) is 24.7 Å². The van der Waals surface area contributed by atoms with Gasteiger partial charge in [0, 0.05) is 25.4 Å². The predicted octanol–water partition coefficient (Wildman–Crippen LogP) is 2.84. The summed E-state index contributed by atoms with van der Waals surface area (Å²) in [7, 11) is 0. The summed E-state index contributed by atoms with van der Waals surface area (Å²) in [6, 6.07) is 4.37. The minimum atomic E-state index is -0.945. The number of hydrogen-bond acceptors (Lipinski definition) is 5. The molecule has 5 amide bonds. The standard InChI is InChI=1S/C27H33N3O5/c31-22-12-11-21(24(32)28-22)30-26(34)20-8-4-7-18(23(20)27(30)35)10-9-17-13-15-29(16-14-17)25(33)19-5-2-1-3-6-19/h4,7-8,17,19,21H,1-3,5-6,9-16H2,(H,28,31,32). The SMILES string of the molecule is O=C1CCC(N2C(=O)c3cccc(CCC4CCN(C(=O)C5CCCCC5)CC4)c3C2=O)C(=O)N1. The molecule has 1 atom stereocenters. The Morgan fingerprint density at radius 2 is 1.66 bits per heavy atom. The average Bonchev–Trinajstić information content (AvgIpc) is 3.13. The quantitative estimate of drug-likeness (QED) is 0.654. The zero-order chi connectivity index (χ0) is 24.5. The van der Waals surface area contributed by atoms with E-state index < -0.39 is 23.8 Å². The summed E-state index contributed by atoms with van der Waals surface area (Å²) in [5.74, 6) is -0.856. The summed E-state index contributed by atoms with van der Waals surface area (Å²) in [5.41, 5.74) is 1.56. The van der Waals surface area contributed by atoms with Gasteiger partial charge in [0.1, 0.15) is 6.04 Å². The lowest BCUT2D eigenvalue weighted by molar-refractivity contribution is -0.138. The Labute approximate surface area is 205 Å². The number of piperidine rings is 2. The van der Waals surface area contributed by atoms with Gasteiger partial charge in [-0.3, -0.25) is 34.2 Å². The summed E-state index contributed by atoms with van der Waals surface area (Å²) in [6.07, 6.45) is 9.38. The van der Waals surface area contributed by atoms with E-state index >= 15 is 0 Å². The normalized spacial score (nSPS) is 24.1. The van der Waals surface area contributed by atoms with E-state index in [0.29, 0.717) is 29.4 Å². The number of amides is 5. The average molecular weight is 480 g/mol. The molecule has 1 aromatic carbocycles. The molecule has 8 heteroatoms. The molecule has 1 unspecified atom stereocenters. The van der Waals surface area contributed by atoms with Crippen molar-refractivity contribution in [1.82, 2.24) is 15.1 Å². The molecule has 1 N–H and O–H groups in total. The van der Waals surface area contributed by atoms with Crippen LogP contribution in [-0.4, -0.2) is 58.5 Å². The van der Waals surface area contributed by atoms with Gasteiger partial charge in [-0.15, -0.1) is 0 Å². The summed E-state index contributed by atoms with van der Waals surface area (Å²) >= 11 is 0. The Bertz CT molecular complexity index is 1050. The number of carbonyl (C=O) groups is 5. The molecule has 3 heterocycles. The Morgan fingerprint density at radius 3 is 2.37 bits per heavy atom. The Balaban J connectivity index is 1.20. The Hall–Kier alpha value is -3.03. The molecule has 0 bridgehead atoms. The number of fused-ring (bicyclic) bond motifs is 1. The third-order valence-corrected chi connectivity index (χ3v) is 8.26. The van der Waals surface area contributed by atoms with Crippen LogP contribution in [0, 0.1) is 11.8 Å². The fourth-order valence-corrected chi connectivity index (χ4v) is 6.20. The lowest BCUT2D eigenvalue weighted by Crippen LogP contribution is -2.54. The molecule has 4 aliphatic rings. The molecule has 8 nitrogen and oxygen atoms in total. The number of aryl methyl sites for hydroxylation is 1. The van der Waals surface area contributed by atoms with Crippen molar-refractivity contribution in [3.63, 3.8) is 0 Å². The van der Waals surface area contributed by atoms with E-state index in [9.17, 15) is 24.0 Å². The molecule has 1 aliphatic carbocycles. The van der Waals surface area contributed by atoms with Crippen molar-refractivity contribution in [2.75, 3.05) is 13.1 Å². The Kier molecular flexibility index (Phi) is 6.71. The van der Waals surface area contributed by atoms with E-state index in [1.54, 1.807) is 12.1 Å². The number of benzene rings is 1. The highest BCUT2D eigenvalue weighted by molar-refractivity contribution is 6.24. The Morgan fingerprint density at radius 1 is 0.914 bits per heavy atom. The van der Waals surface area contributed by atoms with Gasteiger partial charge >= 0.3 is 0 Å². The molecular formula is C27H33N3O5. The highest BCUT2D eigenvalue weighted by atomic mass is 16.2. The van der Waals surface area contributed by atoms with Gasteiger partial charge in [-0.05, 0) is 62.5 Å². The minimum Gasteiger partial charge on any atom is -0.342 e. The van der Waals surface area contributed by atoms with Crippen LogP contribution in [0.25, 0.3) is 0 Å². The van der Waals surface area contributed by atoms with Crippen LogP contribution in [0.2, 0.25) is 0 Å². The maximum absolute atomic E-state index is 13.3. The monoisotopic (exact) mass is 479 g/mol. The zero-order valence-electron chi connectivity index (χ0n) is 20.1. The third-order valence-electron chi connectivity index (χ3n) is 8.26. The lowest BCUT2D eigenvalue weighted by Gasteiger charge is -2.35. The first-order valence-corrected chi connectivity index (χ1v) is 13.1. The maximum Gasteiger partial charge on any atom is 0.262 e. The second-order valence-corrected chi connectivity index (χ2v) is 10.4. The summed E-state index contributed by atoms with van der Waals surface area (Å²) < 4.78 is 0. The molecule has 0 radical (unpaired) electrons. The molecule has 5 rings (SSSR count). The largest absolute Gasteiger partial charge is 0.342 e. The number of hydrogen-bond donors (Lipinski definition) is 1. The van der Waals surface area contributed by atoms with Crippen LogP contribution in [-0.2, 0) is 20.8 Å². The van der Waals surface area contributed by atoms with E-state index in [1.165, 1.54) is 6.42 Å². The van der Waals surface area contributed by atoms with Crippen molar-refractivity contribution in [3.05, 3.63) is 34.9 Å². The second-order valence-electron chi connectivity index (χ2n) is 10.4. The molecule has 0 aromatic heterocycles. The van der Waals surface area contributed by atoms with Gasteiger partial charge in [-0.1, -0.05) is 31.4 Å². The van der Waals surface area contributed by atoms with Crippen LogP contribution in [0.1, 0.15) is 90.5 Å². The molecule has 3 fully saturated rings. The van der Waals surface area contributed by atoms with E-state index in [1.807, 2.05) is 11.0 Å². The number of nitrogens with one attached hydrogen (secondary N) is 1. The molecule has 3 aliphatic heterocycles. The van der Waals surface area contributed by atoms with E-state index in [0.717, 1.165) is 68.5 Å². The number of imide groups is 2. The van der Waals surface area contributed by atoms with Crippen LogP contribution < -0.4 is 5.32 Å². The van der Waals surface area contributed by atoms with Crippen molar-refractivity contribution in [1.29, 1.82) is 0 Å². The van der Waals surface area contributed by atoms with Crippen LogP contribution in [0.5, 0.6) is 0 Å². The fraction of sp³-hybridized carbons (Fsp3) is 0.593. The number of rotatable bonds is 5. The minimum absolute atomic E-state index is 0.110. The number of likely N-dealkylation sites (tertiary alicyclic amines) is 1. The molecular weight excluding hydrogens is 446 g/mol. The molecule has 1 saturated carbocycles. The van der Waals surface area contributed by atoms with Gasteiger partial charge in [0.25, 0.3) is 11.8 Å². The van der Waals surface area contributed by atoms with Crippen LogP contribution in [0.15, 0.2) is 18.2 Å². The maximum atomic E-state index is 13.3. The molecule has 2 saturated heterocycles. The van der Waals surface area contributed by atoms with Gasteiger partial charge in [0.2, 0.25) is 17.7 Å². The van der Waals surface area contributed by atoms with Crippen LogP contribution in [0.3, 0.4) is 0 Å². The second kappa shape index (κ2) is 9.91. The van der Waals surface area contributed by atoms with Gasteiger partial charge in [0.05, 0.1) is 11.1 Å².